The van der Waals surface area contributed by atoms with Crippen molar-refractivity contribution in [3.8, 4) is 0 Å². The summed E-state index contributed by atoms with van der Waals surface area (Å²) in [5.41, 5.74) is -0.704. The number of aliphatic carboxylic acids is 1. The summed E-state index contributed by atoms with van der Waals surface area (Å²) in [7, 11) is 1.71. The van der Waals surface area contributed by atoms with Crippen LogP contribution in [-0.4, -0.2) is 20.2 Å². The topological polar surface area (TPSA) is 64.2 Å². The SMILES string of the molecule is Cn1ccn(CCCCC(C)(C)C(=O)O)c1=O. The molecule has 0 saturated carbocycles. The van der Waals surface area contributed by atoms with Crippen LogP contribution in [0.2, 0.25) is 0 Å². The Kier molecular flexibility index (Phi) is 4.15. The van der Waals surface area contributed by atoms with Gasteiger partial charge in [-0.3, -0.25) is 9.36 Å². The van der Waals surface area contributed by atoms with Crippen molar-refractivity contribution in [1.82, 2.24) is 9.13 Å². The lowest BCUT2D eigenvalue weighted by molar-refractivity contribution is -0.147. The number of carboxylic acid groups (broad SMARTS) is 1. The molecule has 1 heterocycles. The highest BCUT2D eigenvalue weighted by Crippen LogP contribution is 2.23. The van der Waals surface area contributed by atoms with Crippen LogP contribution in [0.5, 0.6) is 0 Å². The lowest BCUT2D eigenvalue weighted by atomic mass is 9.87. The van der Waals surface area contributed by atoms with E-state index in [4.69, 9.17) is 5.11 Å². The molecular formula is C12H20N2O3. The molecule has 0 unspecified atom stereocenters. The molecule has 0 amide bonds. The summed E-state index contributed by atoms with van der Waals surface area (Å²) in [5.74, 6) is -0.769. The number of unbranched alkanes of at least 4 members (excludes halogenated alkanes) is 1. The summed E-state index contributed by atoms with van der Waals surface area (Å²) in [6, 6.07) is 0. The lowest BCUT2D eigenvalue weighted by Crippen LogP contribution is -2.24. The Labute approximate surface area is 101 Å². The minimum Gasteiger partial charge on any atom is -0.481 e. The molecule has 96 valence electrons. The molecule has 0 aliphatic rings. The third-order valence-corrected chi connectivity index (χ3v) is 3.05. The Hall–Kier alpha value is -1.52. The third-order valence-electron chi connectivity index (χ3n) is 3.05. The molecule has 5 nitrogen and oxygen atoms in total. The summed E-state index contributed by atoms with van der Waals surface area (Å²) in [6.45, 7) is 4.10. The molecule has 0 fully saturated rings. The summed E-state index contributed by atoms with van der Waals surface area (Å²) < 4.78 is 3.18. The number of aryl methyl sites for hydroxylation is 2. The van der Waals surface area contributed by atoms with Crippen LogP contribution in [0, 0.1) is 5.41 Å². The summed E-state index contributed by atoms with van der Waals surface area (Å²) in [6.07, 6.45) is 5.74. The van der Waals surface area contributed by atoms with Crippen molar-refractivity contribution in [2.75, 3.05) is 0 Å². The Balaban J connectivity index is 2.37. The van der Waals surface area contributed by atoms with Crippen LogP contribution in [0.15, 0.2) is 17.2 Å². The number of carboxylic acids is 1. The van der Waals surface area contributed by atoms with Crippen molar-refractivity contribution in [2.24, 2.45) is 12.5 Å². The van der Waals surface area contributed by atoms with E-state index in [9.17, 15) is 9.59 Å². The van der Waals surface area contributed by atoms with Gasteiger partial charge in [-0.2, -0.15) is 0 Å². The van der Waals surface area contributed by atoms with Gasteiger partial charge in [-0.25, -0.2) is 4.79 Å². The number of rotatable bonds is 6. The fourth-order valence-corrected chi connectivity index (χ4v) is 1.64. The standard InChI is InChI=1S/C12H20N2O3/c1-12(2,10(15)16)6-4-5-7-14-9-8-13(3)11(14)17/h8-9H,4-7H2,1-3H3,(H,15,16). The molecule has 0 radical (unpaired) electrons. The maximum absolute atomic E-state index is 11.5. The zero-order valence-electron chi connectivity index (χ0n) is 10.6. The maximum Gasteiger partial charge on any atom is 0.327 e. The third kappa shape index (κ3) is 3.47. The Morgan fingerprint density at radius 2 is 2.00 bits per heavy atom. The van der Waals surface area contributed by atoms with E-state index < -0.39 is 11.4 Å². The Morgan fingerprint density at radius 3 is 2.47 bits per heavy atom. The van der Waals surface area contributed by atoms with Gasteiger partial charge in [0.15, 0.2) is 0 Å². The van der Waals surface area contributed by atoms with Gasteiger partial charge in [0.25, 0.3) is 0 Å². The van der Waals surface area contributed by atoms with E-state index in [1.165, 1.54) is 4.57 Å². The summed E-state index contributed by atoms with van der Waals surface area (Å²) in [4.78, 5) is 22.4. The monoisotopic (exact) mass is 240 g/mol. The van der Waals surface area contributed by atoms with Crippen molar-refractivity contribution in [3.05, 3.63) is 22.9 Å². The molecule has 1 aromatic rings. The van der Waals surface area contributed by atoms with Gasteiger partial charge in [-0.15, -0.1) is 0 Å². The first kappa shape index (κ1) is 13.5. The molecule has 1 aromatic heterocycles. The van der Waals surface area contributed by atoms with E-state index in [0.717, 1.165) is 12.8 Å². The largest absolute Gasteiger partial charge is 0.481 e. The number of aromatic nitrogens is 2. The molecule has 17 heavy (non-hydrogen) atoms. The number of carbonyl (C=O) groups is 1. The normalized spacial score (nSPS) is 11.7. The number of nitrogens with zero attached hydrogens (tertiary/aromatic N) is 2. The van der Waals surface area contributed by atoms with E-state index in [1.54, 1.807) is 37.9 Å². The zero-order chi connectivity index (χ0) is 13.1. The second-order valence-electron chi connectivity index (χ2n) is 5.03. The number of hydrogen-bond acceptors (Lipinski definition) is 2. The van der Waals surface area contributed by atoms with Crippen molar-refractivity contribution in [1.29, 1.82) is 0 Å². The molecule has 0 aliphatic carbocycles. The molecule has 0 saturated heterocycles. The van der Waals surface area contributed by atoms with Gasteiger partial charge in [-0.1, -0.05) is 6.42 Å². The van der Waals surface area contributed by atoms with E-state index in [2.05, 4.69) is 0 Å². The van der Waals surface area contributed by atoms with Crippen LogP contribution in [0.1, 0.15) is 33.1 Å². The predicted octanol–water partition coefficient (Wildman–Crippen LogP) is 1.47. The lowest BCUT2D eigenvalue weighted by Gasteiger charge is -2.18. The smallest absolute Gasteiger partial charge is 0.327 e. The van der Waals surface area contributed by atoms with Gasteiger partial charge in [0.1, 0.15) is 0 Å². The van der Waals surface area contributed by atoms with Crippen molar-refractivity contribution >= 4 is 5.97 Å². The number of hydrogen-bond donors (Lipinski definition) is 1. The summed E-state index contributed by atoms with van der Waals surface area (Å²) in [5, 5.41) is 8.95. The van der Waals surface area contributed by atoms with Crippen LogP contribution in [0.25, 0.3) is 0 Å². The van der Waals surface area contributed by atoms with Gasteiger partial charge >= 0.3 is 11.7 Å². The fourth-order valence-electron chi connectivity index (χ4n) is 1.64. The fraction of sp³-hybridized carbons (Fsp3) is 0.667. The van der Waals surface area contributed by atoms with Crippen LogP contribution in [-0.2, 0) is 18.4 Å². The molecule has 1 rings (SSSR count). The van der Waals surface area contributed by atoms with Crippen molar-refractivity contribution in [2.45, 2.75) is 39.7 Å². The van der Waals surface area contributed by atoms with E-state index in [1.807, 2.05) is 0 Å². The van der Waals surface area contributed by atoms with Crippen molar-refractivity contribution < 1.29 is 9.90 Å². The minimum atomic E-state index is -0.769. The molecule has 0 bridgehead atoms. The Bertz CT molecular complexity index is 443. The molecule has 0 spiro atoms. The molecule has 1 N–H and O–H groups in total. The molecular weight excluding hydrogens is 220 g/mol. The summed E-state index contributed by atoms with van der Waals surface area (Å²) >= 11 is 0. The minimum absolute atomic E-state index is 0.0255. The molecule has 0 atom stereocenters. The molecule has 0 aromatic carbocycles. The van der Waals surface area contributed by atoms with Crippen LogP contribution in [0.4, 0.5) is 0 Å². The highest BCUT2D eigenvalue weighted by atomic mass is 16.4. The van der Waals surface area contributed by atoms with Gasteiger partial charge in [0.05, 0.1) is 5.41 Å². The quantitative estimate of drug-likeness (QED) is 0.766. The van der Waals surface area contributed by atoms with Crippen molar-refractivity contribution in [3.63, 3.8) is 0 Å². The second-order valence-corrected chi connectivity index (χ2v) is 5.03. The molecule has 5 heteroatoms. The first-order valence-electron chi connectivity index (χ1n) is 5.80. The average molecular weight is 240 g/mol. The highest BCUT2D eigenvalue weighted by molar-refractivity contribution is 5.73. The van der Waals surface area contributed by atoms with Gasteiger partial charge in [0, 0.05) is 26.0 Å². The van der Waals surface area contributed by atoms with E-state index in [-0.39, 0.29) is 5.69 Å². The maximum atomic E-state index is 11.5. The average Bonchev–Trinajstić information content (AvgIpc) is 2.55. The van der Waals surface area contributed by atoms with E-state index >= 15 is 0 Å². The van der Waals surface area contributed by atoms with Gasteiger partial charge in [-0.05, 0) is 26.7 Å². The Morgan fingerprint density at radius 1 is 1.35 bits per heavy atom. The second kappa shape index (κ2) is 5.21. The first-order chi connectivity index (χ1) is 7.84. The van der Waals surface area contributed by atoms with Gasteiger partial charge in [0.2, 0.25) is 0 Å². The first-order valence-corrected chi connectivity index (χ1v) is 5.80. The van der Waals surface area contributed by atoms with Gasteiger partial charge < -0.3 is 9.67 Å². The highest BCUT2D eigenvalue weighted by Gasteiger charge is 2.25. The number of imidazole rings is 1. The van der Waals surface area contributed by atoms with Crippen LogP contribution < -0.4 is 5.69 Å². The van der Waals surface area contributed by atoms with Crippen LogP contribution in [0.3, 0.4) is 0 Å². The van der Waals surface area contributed by atoms with E-state index in [0.29, 0.717) is 13.0 Å². The van der Waals surface area contributed by atoms with Crippen LogP contribution >= 0.6 is 0 Å². The molecule has 0 aliphatic heterocycles. The predicted molar refractivity (Wildman–Crippen MR) is 64.9 cm³/mol. The zero-order valence-corrected chi connectivity index (χ0v) is 10.6.